The number of halogens is 2. The maximum absolute atomic E-state index is 14.1. The highest BCUT2D eigenvalue weighted by atomic mass is 19.2. The Bertz CT molecular complexity index is 816. The molecule has 0 aliphatic rings. The SMILES string of the molecule is CCc1ccc(-c2ccc(-c3ccc(C)c(F)c3F)cc2)cc1. The normalized spacial score (nSPS) is 10.8. The predicted octanol–water partition coefficient (Wildman–Crippen LogP) is 6.17. The lowest BCUT2D eigenvalue weighted by molar-refractivity contribution is 0.505. The molecule has 3 rings (SSSR count). The Balaban J connectivity index is 1.94. The van der Waals surface area contributed by atoms with Gasteiger partial charge in [-0.25, -0.2) is 8.78 Å². The Hall–Kier alpha value is -2.48. The highest BCUT2D eigenvalue weighted by Gasteiger charge is 2.12. The molecule has 0 bridgehead atoms. The highest BCUT2D eigenvalue weighted by molar-refractivity contribution is 5.71. The summed E-state index contributed by atoms with van der Waals surface area (Å²) in [4.78, 5) is 0. The van der Waals surface area contributed by atoms with Crippen LogP contribution < -0.4 is 0 Å². The molecule has 0 aromatic heterocycles. The molecule has 0 amide bonds. The summed E-state index contributed by atoms with van der Waals surface area (Å²) < 4.78 is 27.8. The smallest absolute Gasteiger partial charge is 0.166 e. The second kappa shape index (κ2) is 6.33. The van der Waals surface area contributed by atoms with E-state index >= 15 is 0 Å². The van der Waals surface area contributed by atoms with E-state index in [1.165, 1.54) is 5.56 Å². The topological polar surface area (TPSA) is 0 Å². The molecule has 0 saturated heterocycles. The van der Waals surface area contributed by atoms with Gasteiger partial charge >= 0.3 is 0 Å². The van der Waals surface area contributed by atoms with Gasteiger partial charge in [-0.2, -0.15) is 0 Å². The number of aryl methyl sites for hydroxylation is 2. The minimum Gasteiger partial charge on any atom is -0.203 e. The molecule has 0 saturated carbocycles. The lowest BCUT2D eigenvalue weighted by atomic mass is 9.98. The number of hydrogen-bond donors (Lipinski definition) is 0. The second-order valence-electron chi connectivity index (χ2n) is 5.69. The molecule has 0 aliphatic carbocycles. The van der Waals surface area contributed by atoms with E-state index in [4.69, 9.17) is 0 Å². The van der Waals surface area contributed by atoms with Crippen molar-refractivity contribution in [2.75, 3.05) is 0 Å². The molecule has 0 spiro atoms. The quantitative estimate of drug-likeness (QED) is 0.543. The van der Waals surface area contributed by atoms with Gasteiger partial charge in [-0.05, 0) is 41.2 Å². The zero-order valence-electron chi connectivity index (χ0n) is 13.2. The first kappa shape index (κ1) is 15.4. The first-order valence-corrected chi connectivity index (χ1v) is 7.74. The van der Waals surface area contributed by atoms with Crippen LogP contribution in [0.1, 0.15) is 18.1 Å². The average molecular weight is 308 g/mol. The van der Waals surface area contributed by atoms with Crippen molar-refractivity contribution in [3.63, 3.8) is 0 Å². The van der Waals surface area contributed by atoms with Gasteiger partial charge in [0.25, 0.3) is 0 Å². The van der Waals surface area contributed by atoms with Gasteiger partial charge < -0.3 is 0 Å². The van der Waals surface area contributed by atoms with Gasteiger partial charge in [0.15, 0.2) is 11.6 Å². The second-order valence-corrected chi connectivity index (χ2v) is 5.69. The predicted molar refractivity (Wildman–Crippen MR) is 91.3 cm³/mol. The largest absolute Gasteiger partial charge is 0.203 e. The molecule has 3 aromatic rings. The van der Waals surface area contributed by atoms with Gasteiger partial charge in [-0.1, -0.05) is 67.6 Å². The Morgan fingerprint density at radius 1 is 0.652 bits per heavy atom. The van der Waals surface area contributed by atoms with E-state index in [1.54, 1.807) is 19.1 Å². The van der Waals surface area contributed by atoms with Gasteiger partial charge in [-0.3, -0.25) is 0 Å². The highest BCUT2D eigenvalue weighted by Crippen LogP contribution is 2.28. The Labute approximate surface area is 135 Å². The van der Waals surface area contributed by atoms with Gasteiger partial charge in [0, 0.05) is 5.56 Å². The maximum Gasteiger partial charge on any atom is 0.166 e. The third-order valence-corrected chi connectivity index (χ3v) is 4.17. The lowest BCUT2D eigenvalue weighted by Gasteiger charge is -2.08. The molecule has 2 heteroatoms. The zero-order valence-corrected chi connectivity index (χ0v) is 13.2. The maximum atomic E-state index is 14.1. The molecule has 0 nitrogen and oxygen atoms in total. The van der Waals surface area contributed by atoms with Gasteiger partial charge in [0.1, 0.15) is 0 Å². The van der Waals surface area contributed by atoms with E-state index in [-0.39, 0.29) is 0 Å². The fourth-order valence-electron chi connectivity index (χ4n) is 2.64. The summed E-state index contributed by atoms with van der Waals surface area (Å²) in [5.74, 6) is -1.56. The van der Waals surface area contributed by atoms with Gasteiger partial charge in [0.2, 0.25) is 0 Å². The molecule has 3 aromatic carbocycles. The first-order chi connectivity index (χ1) is 11.1. The standard InChI is InChI=1S/C21H18F2/c1-3-15-5-7-16(8-6-15)17-9-11-18(12-10-17)19-13-4-14(2)20(22)21(19)23/h4-13H,3H2,1-2H3. The Morgan fingerprint density at radius 2 is 1.17 bits per heavy atom. The number of hydrogen-bond acceptors (Lipinski definition) is 0. The lowest BCUT2D eigenvalue weighted by Crippen LogP contribution is -1.93. The van der Waals surface area contributed by atoms with E-state index in [1.807, 2.05) is 24.3 Å². The summed E-state index contributed by atoms with van der Waals surface area (Å²) in [6, 6.07) is 19.1. The van der Waals surface area contributed by atoms with E-state index in [2.05, 4.69) is 31.2 Å². The minimum absolute atomic E-state index is 0.293. The van der Waals surface area contributed by atoms with E-state index in [0.29, 0.717) is 16.7 Å². The van der Waals surface area contributed by atoms with Crippen molar-refractivity contribution in [2.24, 2.45) is 0 Å². The van der Waals surface area contributed by atoms with Crippen LogP contribution in [0.25, 0.3) is 22.3 Å². The van der Waals surface area contributed by atoms with Crippen LogP contribution in [0.5, 0.6) is 0 Å². The molecular weight excluding hydrogens is 290 g/mol. The summed E-state index contributed by atoms with van der Waals surface area (Å²) in [6.45, 7) is 3.68. The molecule has 0 atom stereocenters. The molecule has 0 heterocycles. The average Bonchev–Trinajstić information content (AvgIpc) is 2.60. The molecule has 0 N–H and O–H groups in total. The van der Waals surface area contributed by atoms with Crippen LogP contribution in [0.2, 0.25) is 0 Å². The van der Waals surface area contributed by atoms with Crippen molar-refractivity contribution < 1.29 is 8.78 Å². The fourth-order valence-corrected chi connectivity index (χ4v) is 2.64. The summed E-state index contributed by atoms with van der Waals surface area (Å²) >= 11 is 0. The summed E-state index contributed by atoms with van der Waals surface area (Å²) in [5, 5.41) is 0. The van der Waals surface area contributed by atoms with Crippen molar-refractivity contribution in [2.45, 2.75) is 20.3 Å². The van der Waals surface area contributed by atoms with Crippen molar-refractivity contribution in [1.82, 2.24) is 0 Å². The van der Waals surface area contributed by atoms with Crippen LogP contribution in [-0.2, 0) is 6.42 Å². The number of benzene rings is 3. The van der Waals surface area contributed by atoms with Crippen molar-refractivity contribution in [3.05, 3.63) is 83.4 Å². The van der Waals surface area contributed by atoms with Gasteiger partial charge in [-0.15, -0.1) is 0 Å². The Kier molecular flexibility index (Phi) is 4.24. The van der Waals surface area contributed by atoms with Crippen molar-refractivity contribution in [1.29, 1.82) is 0 Å². The fraction of sp³-hybridized carbons (Fsp3) is 0.143. The van der Waals surface area contributed by atoms with Crippen LogP contribution in [0.15, 0.2) is 60.7 Å². The van der Waals surface area contributed by atoms with E-state index in [0.717, 1.165) is 17.5 Å². The first-order valence-electron chi connectivity index (χ1n) is 7.74. The van der Waals surface area contributed by atoms with Crippen molar-refractivity contribution >= 4 is 0 Å². The van der Waals surface area contributed by atoms with Crippen LogP contribution in [0.3, 0.4) is 0 Å². The third-order valence-electron chi connectivity index (χ3n) is 4.17. The Morgan fingerprint density at radius 3 is 1.74 bits per heavy atom. The monoisotopic (exact) mass is 308 g/mol. The molecule has 0 fully saturated rings. The molecule has 23 heavy (non-hydrogen) atoms. The molecule has 0 unspecified atom stereocenters. The van der Waals surface area contributed by atoms with Crippen molar-refractivity contribution in [3.8, 4) is 22.3 Å². The van der Waals surface area contributed by atoms with E-state index in [9.17, 15) is 8.78 Å². The zero-order chi connectivity index (χ0) is 16.4. The number of rotatable bonds is 3. The molecule has 0 radical (unpaired) electrons. The summed E-state index contributed by atoms with van der Waals surface area (Å²) in [7, 11) is 0. The van der Waals surface area contributed by atoms with Gasteiger partial charge in [0.05, 0.1) is 0 Å². The van der Waals surface area contributed by atoms with Crippen LogP contribution >= 0.6 is 0 Å². The minimum atomic E-state index is -0.787. The third kappa shape index (κ3) is 3.02. The van der Waals surface area contributed by atoms with Crippen LogP contribution in [0.4, 0.5) is 8.78 Å². The molecule has 0 aliphatic heterocycles. The summed E-state index contributed by atoms with van der Waals surface area (Å²) in [5.41, 5.74) is 4.76. The van der Waals surface area contributed by atoms with Crippen LogP contribution in [-0.4, -0.2) is 0 Å². The molecule has 116 valence electrons. The molecular formula is C21H18F2. The van der Waals surface area contributed by atoms with Crippen LogP contribution in [0, 0.1) is 18.6 Å². The summed E-state index contributed by atoms with van der Waals surface area (Å²) in [6.07, 6.45) is 1.01. The van der Waals surface area contributed by atoms with E-state index < -0.39 is 11.6 Å².